The topological polar surface area (TPSA) is 112 Å². The Morgan fingerprint density at radius 1 is 1.16 bits per heavy atom. The van der Waals surface area contributed by atoms with Crippen LogP contribution < -0.4 is 14.9 Å². The minimum Gasteiger partial charge on any atom is -0.355 e. The van der Waals surface area contributed by atoms with Crippen LogP contribution >= 0.6 is 11.6 Å². The Morgan fingerprint density at radius 3 is 2.70 bits per heavy atom. The van der Waals surface area contributed by atoms with Gasteiger partial charge in [-0.1, -0.05) is 11.6 Å². The van der Waals surface area contributed by atoms with Gasteiger partial charge in [0.15, 0.2) is 5.65 Å². The van der Waals surface area contributed by atoms with Gasteiger partial charge in [0.25, 0.3) is 5.91 Å². The van der Waals surface area contributed by atoms with Crippen molar-refractivity contribution in [1.82, 2.24) is 24.8 Å². The molecule has 0 aliphatic carbocycles. The van der Waals surface area contributed by atoms with Gasteiger partial charge in [-0.2, -0.15) is 5.10 Å². The number of piperidine rings is 1. The first-order chi connectivity index (χ1) is 17.6. The number of likely N-dealkylation sites (tertiary alicyclic amines) is 1. The van der Waals surface area contributed by atoms with Crippen LogP contribution in [0.25, 0.3) is 5.65 Å². The summed E-state index contributed by atoms with van der Waals surface area (Å²) < 4.78 is 28.1. The molecule has 1 amide bonds. The number of fused-ring (bicyclic) bond motifs is 1. The van der Waals surface area contributed by atoms with Crippen LogP contribution in [-0.2, 0) is 10.0 Å². The molecule has 1 aromatic carbocycles. The minimum absolute atomic E-state index is 0.212. The highest BCUT2D eigenvalue weighted by atomic mass is 35.5. The molecule has 4 heterocycles. The van der Waals surface area contributed by atoms with Gasteiger partial charge in [0.1, 0.15) is 5.82 Å². The maximum Gasteiger partial charge on any atom is 0.256 e. The number of hydrogen-bond acceptors (Lipinski definition) is 7. The number of aryl methyl sites for hydroxylation is 1. The van der Waals surface area contributed by atoms with Crippen molar-refractivity contribution in [2.45, 2.75) is 44.7 Å². The SMILES string of the molecule is CN[C@@H]1CCN(c2nc3cc([C@@H]4CCCCN4C(=O)c4cc(Cl)ccc4NS(C)(=O)=O)nn3cc2C)C1. The maximum absolute atomic E-state index is 13.8. The second-order valence-electron chi connectivity index (χ2n) is 9.91. The third kappa shape index (κ3) is 5.39. The summed E-state index contributed by atoms with van der Waals surface area (Å²) in [6, 6.07) is 6.75. The smallest absolute Gasteiger partial charge is 0.256 e. The number of benzene rings is 1. The molecule has 2 fully saturated rings. The molecule has 3 aromatic rings. The van der Waals surface area contributed by atoms with Gasteiger partial charge in [0, 0.05) is 48.5 Å². The quantitative estimate of drug-likeness (QED) is 0.489. The largest absolute Gasteiger partial charge is 0.355 e. The van der Waals surface area contributed by atoms with Crippen molar-refractivity contribution in [2.24, 2.45) is 0 Å². The highest BCUT2D eigenvalue weighted by Gasteiger charge is 2.32. The molecule has 2 saturated heterocycles. The molecule has 5 rings (SSSR count). The number of carbonyl (C=O) groups is 1. The zero-order chi connectivity index (χ0) is 26.3. The molecule has 0 bridgehead atoms. The van der Waals surface area contributed by atoms with E-state index < -0.39 is 10.0 Å². The van der Waals surface area contributed by atoms with E-state index in [1.807, 2.05) is 26.2 Å². The molecular formula is C25H32ClN7O3S. The van der Waals surface area contributed by atoms with E-state index in [4.69, 9.17) is 21.7 Å². The number of sulfonamides is 1. The van der Waals surface area contributed by atoms with Gasteiger partial charge in [-0.3, -0.25) is 9.52 Å². The summed E-state index contributed by atoms with van der Waals surface area (Å²) in [6.45, 7) is 4.45. The molecule has 2 aromatic heterocycles. The lowest BCUT2D eigenvalue weighted by atomic mass is 9.98. The third-order valence-corrected chi connectivity index (χ3v) is 7.96. The van der Waals surface area contributed by atoms with E-state index in [1.54, 1.807) is 15.5 Å². The summed E-state index contributed by atoms with van der Waals surface area (Å²) in [4.78, 5) is 22.8. The molecule has 2 aliphatic rings. The van der Waals surface area contributed by atoms with E-state index in [-0.39, 0.29) is 23.2 Å². The molecule has 0 spiro atoms. The van der Waals surface area contributed by atoms with Gasteiger partial charge in [0.2, 0.25) is 10.0 Å². The number of likely N-dealkylation sites (N-methyl/N-ethyl adjacent to an activating group) is 1. The van der Waals surface area contributed by atoms with Gasteiger partial charge in [0.05, 0.1) is 29.2 Å². The highest BCUT2D eigenvalue weighted by Crippen LogP contribution is 2.34. The fourth-order valence-electron chi connectivity index (χ4n) is 5.31. The van der Waals surface area contributed by atoms with E-state index >= 15 is 0 Å². The molecule has 10 nitrogen and oxygen atoms in total. The first-order valence-corrected chi connectivity index (χ1v) is 14.8. The summed E-state index contributed by atoms with van der Waals surface area (Å²) in [5.74, 6) is 0.680. The van der Waals surface area contributed by atoms with Crippen LogP contribution in [0.3, 0.4) is 0 Å². The molecule has 198 valence electrons. The summed E-state index contributed by atoms with van der Waals surface area (Å²) in [7, 11) is -1.59. The lowest BCUT2D eigenvalue weighted by Gasteiger charge is -2.35. The molecule has 0 unspecified atom stereocenters. The summed E-state index contributed by atoms with van der Waals surface area (Å²) in [5, 5.41) is 8.52. The van der Waals surface area contributed by atoms with E-state index in [2.05, 4.69) is 14.9 Å². The van der Waals surface area contributed by atoms with Gasteiger partial charge >= 0.3 is 0 Å². The van der Waals surface area contributed by atoms with Crippen molar-refractivity contribution in [3.05, 3.63) is 52.3 Å². The predicted molar refractivity (Wildman–Crippen MR) is 145 cm³/mol. The lowest BCUT2D eigenvalue weighted by Crippen LogP contribution is -2.39. The number of hydrogen-bond donors (Lipinski definition) is 2. The Kier molecular flexibility index (Phi) is 7.03. The first-order valence-electron chi connectivity index (χ1n) is 12.5. The van der Waals surface area contributed by atoms with E-state index in [9.17, 15) is 13.2 Å². The van der Waals surface area contributed by atoms with E-state index in [1.165, 1.54) is 12.1 Å². The Labute approximate surface area is 222 Å². The number of carbonyl (C=O) groups excluding carboxylic acids is 1. The zero-order valence-corrected chi connectivity index (χ0v) is 22.8. The second kappa shape index (κ2) is 10.1. The van der Waals surface area contributed by atoms with Crippen molar-refractivity contribution in [3.8, 4) is 0 Å². The maximum atomic E-state index is 13.8. The predicted octanol–water partition coefficient (Wildman–Crippen LogP) is 3.23. The number of anilines is 2. The van der Waals surface area contributed by atoms with Gasteiger partial charge in [-0.05, 0) is 57.9 Å². The van der Waals surface area contributed by atoms with Crippen molar-refractivity contribution in [1.29, 1.82) is 0 Å². The van der Waals surface area contributed by atoms with Crippen LogP contribution in [0.1, 0.15) is 53.3 Å². The number of nitrogens with one attached hydrogen (secondary N) is 2. The van der Waals surface area contributed by atoms with Gasteiger partial charge in [-0.25, -0.2) is 17.9 Å². The van der Waals surface area contributed by atoms with Crippen LogP contribution in [-0.4, -0.2) is 72.8 Å². The standard InChI is InChI=1S/C25H32ClN7O3S/c1-16-14-33-23(28-24(16)31-11-9-18(15-31)27-2)13-21(29-33)22-6-4-5-10-32(22)25(34)19-12-17(26)7-8-20(19)30-37(3,35)36/h7-8,12-14,18,22,27,30H,4-6,9-11,15H2,1-3H3/t18-,22+/m1/s1. The molecule has 2 N–H and O–H groups in total. The van der Waals surface area contributed by atoms with E-state index in [0.29, 0.717) is 17.6 Å². The number of rotatable bonds is 6. The number of nitrogens with zero attached hydrogens (tertiary/aromatic N) is 5. The van der Waals surface area contributed by atoms with Crippen LogP contribution in [0.4, 0.5) is 11.5 Å². The lowest BCUT2D eigenvalue weighted by molar-refractivity contribution is 0.0607. The Morgan fingerprint density at radius 2 is 1.97 bits per heavy atom. The molecular weight excluding hydrogens is 514 g/mol. The molecule has 2 atom stereocenters. The minimum atomic E-state index is -3.58. The Balaban J connectivity index is 1.47. The average molecular weight is 546 g/mol. The van der Waals surface area contributed by atoms with Crippen LogP contribution in [0.5, 0.6) is 0 Å². The average Bonchev–Trinajstić information content (AvgIpc) is 3.50. The van der Waals surface area contributed by atoms with Crippen LogP contribution in [0, 0.1) is 6.92 Å². The third-order valence-electron chi connectivity index (χ3n) is 7.13. The summed E-state index contributed by atoms with van der Waals surface area (Å²) >= 11 is 6.20. The van der Waals surface area contributed by atoms with Gasteiger partial charge < -0.3 is 15.1 Å². The summed E-state index contributed by atoms with van der Waals surface area (Å²) in [5.41, 5.74) is 2.99. The van der Waals surface area contributed by atoms with Crippen LogP contribution in [0.15, 0.2) is 30.5 Å². The fourth-order valence-corrected chi connectivity index (χ4v) is 6.06. The van der Waals surface area contributed by atoms with Crippen molar-refractivity contribution in [2.75, 3.05) is 42.6 Å². The zero-order valence-electron chi connectivity index (χ0n) is 21.2. The molecule has 0 saturated carbocycles. The number of halogens is 1. The molecule has 37 heavy (non-hydrogen) atoms. The van der Waals surface area contributed by atoms with Crippen molar-refractivity contribution < 1.29 is 13.2 Å². The molecule has 0 radical (unpaired) electrons. The Hall–Kier alpha value is -2.89. The normalized spacial score (nSPS) is 20.5. The Bertz CT molecular complexity index is 1440. The first kappa shape index (κ1) is 25.7. The molecule has 2 aliphatic heterocycles. The van der Waals surface area contributed by atoms with E-state index in [0.717, 1.165) is 67.8 Å². The fraction of sp³-hybridized carbons (Fsp3) is 0.480. The second-order valence-corrected chi connectivity index (χ2v) is 12.1. The molecule has 12 heteroatoms. The van der Waals surface area contributed by atoms with Crippen molar-refractivity contribution >= 4 is 44.7 Å². The highest BCUT2D eigenvalue weighted by molar-refractivity contribution is 7.92. The van der Waals surface area contributed by atoms with Crippen LogP contribution in [0.2, 0.25) is 5.02 Å². The van der Waals surface area contributed by atoms with Crippen molar-refractivity contribution in [3.63, 3.8) is 0 Å². The number of amides is 1. The van der Waals surface area contributed by atoms with Gasteiger partial charge in [-0.15, -0.1) is 0 Å². The summed E-state index contributed by atoms with van der Waals surface area (Å²) in [6.07, 6.45) is 6.70. The number of aromatic nitrogens is 3. The monoisotopic (exact) mass is 545 g/mol.